The largest absolute Gasteiger partial charge is 0.394 e. The highest BCUT2D eigenvalue weighted by Crippen LogP contribution is 2.23. The highest BCUT2D eigenvalue weighted by molar-refractivity contribution is 5.76. The van der Waals surface area contributed by atoms with Gasteiger partial charge in [-0.05, 0) is 44.9 Å². The van der Waals surface area contributed by atoms with Crippen LogP contribution in [0.2, 0.25) is 0 Å². The summed E-state index contributed by atoms with van der Waals surface area (Å²) in [5.41, 5.74) is 0. The van der Waals surface area contributed by atoms with E-state index in [1.54, 1.807) is 6.08 Å². The number of rotatable bonds is 52. The lowest BCUT2D eigenvalue weighted by molar-refractivity contribution is -0.302. The van der Waals surface area contributed by atoms with Gasteiger partial charge in [-0.15, -0.1) is 0 Å². The zero-order valence-electron chi connectivity index (χ0n) is 45.8. The normalized spacial score (nSPS) is 19.6. The molecule has 0 saturated carbocycles. The standard InChI is InChI=1S/C61H115NO8/c1-3-5-7-9-11-13-15-17-19-20-21-22-23-24-25-26-27-28-29-30-31-32-33-34-35-36-37-39-41-43-45-47-49-51-57(65)62-54(53-69-61-60(68)59(67)58(66)56(52-63)70-61)55(64)50-48-46-44-42-40-38-18-16-14-12-10-8-6-4-2/h14,16,40,42,48,50,54-56,58-61,63-64,66-68H,3-13,15,17-39,41,43-47,49,51-53H2,1-2H3,(H,62,65)/b16-14+,42-40+,50-48+. The van der Waals surface area contributed by atoms with E-state index >= 15 is 0 Å². The summed E-state index contributed by atoms with van der Waals surface area (Å²) < 4.78 is 11.2. The van der Waals surface area contributed by atoms with Gasteiger partial charge in [0.2, 0.25) is 5.91 Å². The van der Waals surface area contributed by atoms with Crippen LogP contribution in [0, 0.1) is 0 Å². The molecule has 0 bridgehead atoms. The molecule has 1 amide bonds. The van der Waals surface area contributed by atoms with Crippen molar-refractivity contribution in [1.29, 1.82) is 0 Å². The van der Waals surface area contributed by atoms with Crippen molar-refractivity contribution in [3.63, 3.8) is 0 Å². The Hall–Kier alpha value is -1.59. The Balaban J connectivity index is 2.10. The van der Waals surface area contributed by atoms with Crippen LogP contribution in [0.25, 0.3) is 0 Å². The Morgan fingerprint density at radius 1 is 0.471 bits per heavy atom. The van der Waals surface area contributed by atoms with Gasteiger partial charge in [0.25, 0.3) is 0 Å². The molecular formula is C61H115NO8. The Morgan fingerprint density at radius 3 is 1.20 bits per heavy atom. The summed E-state index contributed by atoms with van der Waals surface area (Å²) in [5, 5.41) is 54.4. The molecule has 412 valence electrons. The smallest absolute Gasteiger partial charge is 0.220 e. The number of carbonyl (C=O) groups excluding carboxylic acids is 1. The van der Waals surface area contributed by atoms with E-state index in [1.807, 2.05) is 6.08 Å². The van der Waals surface area contributed by atoms with Crippen LogP contribution in [0.15, 0.2) is 36.5 Å². The quantitative estimate of drug-likeness (QED) is 0.0261. The van der Waals surface area contributed by atoms with Crippen molar-refractivity contribution in [1.82, 2.24) is 5.32 Å². The number of aliphatic hydroxyl groups is 5. The summed E-state index contributed by atoms with van der Waals surface area (Å²) in [6.07, 6.45) is 59.6. The molecule has 0 aromatic heterocycles. The van der Waals surface area contributed by atoms with E-state index in [2.05, 4.69) is 43.5 Å². The number of aliphatic hydroxyl groups excluding tert-OH is 5. The second kappa shape index (κ2) is 50.9. The zero-order chi connectivity index (χ0) is 50.8. The molecule has 1 aliphatic rings. The number of nitrogens with one attached hydrogen (secondary N) is 1. The molecule has 6 N–H and O–H groups in total. The summed E-state index contributed by atoms with van der Waals surface area (Å²) in [7, 11) is 0. The molecule has 0 aromatic carbocycles. The molecule has 70 heavy (non-hydrogen) atoms. The molecule has 1 aliphatic heterocycles. The molecule has 0 spiro atoms. The highest BCUT2D eigenvalue weighted by atomic mass is 16.7. The molecule has 1 heterocycles. The third-order valence-electron chi connectivity index (χ3n) is 14.4. The maximum absolute atomic E-state index is 13.0. The fraction of sp³-hybridized carbons (Fsp3) is 0.885. The van der Waals surface area contributed by atoms with Gasteiger partial charge < -0.3 is 40.3 Å². The van der Waals surface area contributed by atoms with Gasteiger partial charge >= 0.3 is 0 Å². The fourth-order valence-electron chi connectivity index (χ4n) is 9.66. The van der Waals surface area contributed by atoms with Crippen LogP contribution in [0.4, 0.5) is 0 Å². The Labute approximate surface area is 431 Å². The first kappa shape index (κ1) is 66.4. The number of unbranched alkanes of at least 4 members (excludes halogenated alkanes) is 38. The van der Waals surface area contributed by atoms with Crippen LogP contribution in [-0.2, 0) is 14.3 Å². The van der Waals surface area contributed by atoms with Gasteiger partial charge in [-0.2, -0.15) is 0 Å². The van der Waals surface area contributed by atoms with Crippen LogP contribution in [-0.4, -0.2) is 87.5 Å². The second-order valence-electron chi connectivity index (χ2n) is 21.1. The lowest BCUT2D eigenvalue weighted by Gasteiger charge is -2.40. The lowest BCUT2D eigenvalue weighted by atomic mass is 9.99. The summed E-state index contributed by atoms with van der Waals surface area (Å²) in [6, 6.07) is -0.825. The molecule has 0 aliphatic carbocycles. The van der Waals surface area contributed by atoms with Crippen LogP contribution < -0.4 is 5.32 Å². The van der Waals surface area contributed by atoms with Gasteiger partial charge in [0, 0.05) is 6.42 Å². The van der Waals surface area contributed by atoms with Gasteiger partial charge in [0.15, 0.2) is 6.29 Å². The van der Waals surface area contributed by atoms with Crippen molar-refractivity contribution < 1.29 is 39.8 Å². The molecule has 0 aromatic rings. The average Bonchev–Trinajstić information content (AvgIpc) is 3.36. The van der Waals surface area contributed by atoms with E-state index in [1.165, 1.54) is 218 Å². The highest BCUT2D eigenvalue weighted by Gasteiger charge is 2.44. The SMILES string of the molecule is CCCCCC/C=C/CC/C=C/CC/C=C/C(O)C(COC1OC(CO)C(O)C(O)C1O)NC(=O)CCCCCCCCCCCCCCCCCCCCCCCCCCCCCCCCCCC. The van der Waals surface area contributed by atoms with E-state index < -0.39 is 49.5 Å². The van der Waals surface area contributed by atoms with Crippen molar-refractivity contribution in [2.45, 2.75) is 333 Å². The molecule has 1 saturated heterocycles. The first-order chi connectivity index (χ1) is 34.3. The average molecular weight is 991 g/mol. The molecule has 7 atom stereocenters. The zero-order valence-corrected chi connectivity index (χ0v) is 45.8. The van der Waals surface area contributed by atoms with Crippen LogP contribution >= 0.6 is 0 Å². The van der Waals surface area contributed by atoms with Gasteiger partial charge in [0.1, 0.15) is 24.4 Å². The minimum absolute atomic E-state index is 0.187. The Morgan fingerprint density at radius 2 is 0.814 bits per heavy atom. The maximum Gasteiger partial charge on any atom is 0.220 e. The first-order valence-corrected chi connectivity index (χ1v) is 30.2. The van der Waals surface area contributed by atoms with E-state index in [0.717, 1.165) is 51.4 Å². The van der Waals surface area contributed by atoms with Crippen LogP contribution in [0.3, 0.4) is 0 Å². The minimum atomic E-state index is -1.57. The molecule has 9 heteroatoms. The maximum atomic E-state index is 13.0. The van der Waals surface area contributed by atoms with Gasteiger partial charge in [-0.25, -0.2) is 0 Å². The van der Waals surface area contributed by atoms with Crippen molar-refractivity contribution in [2.75, 3.05) is 13.2 Å². The second-order valence-corrected chi connectivity index (χ2v) is 21.1. The summed E-state index contributed by atoms with van der Waals surface area (Å²) in [5.74, 6) is -0.187. The van der Waals surface area contributed by atoms with Crippen molar-refractivity contribution >= 4 is 5.91 Å². The molecular weight excluding hydrogens is 875 g/mol. The summed E-state index contributed by atoms with van der Waals surface area (Å²) in [6.45, 7) is 3.76. The fourth-order valence-corrected chi connectivity index (χ4v) is 9.66. The minimum Gasteiger partial charge on any atom is -0.394 e. The summed E-state index contributed by atoms with van der Waals surface area (Å²) in [4.78, 5) is 13.0. The first-order valence-electron chi connectivity index (χ1n) is 30.2. The van der Waals surface area contributed by atoms with E-state index in [9.17, 15) is 30.3 Å². The Bertz CT molecular complexity index is 1190. The number of ether oxygens (including phenoxy) is 2. The van der Waals surface area contributed by atoms with E-state index in [-0.39, 0.29) is 12.5 Å². The monoisotopic (exact) mass is 990 g/mol. The number of hydrogen-bond donors (Lipinski definition) is 6. The molecule has 0 radical (unpaired) electrons. The third-order valence-corrected chi connectivity index (χ3v) is 14.4. The predicted octanol–water partition coefficient (Wildman–Crippen LogP) is 15.1. The molecule has 1 rings (SSSR count). The van der Waals surface area contributed by atoms with Crippen LogP contribution in [0.1, 0.15) is 290 Å². The van der Waals surface area contributed by atoms with Crippen LogP contribution in [0.5, 0.6) is 0 Å². The molecule has 9 nitrogen and oxygen atoms in total. The van der Waals surface area contributed by atoms with Crippen molar-refractivity contribution in [3.8, 4) is 0 Å². The van der Waals surface area contributed by atoms with E-state index in [4.69, 9.17) is 9.47 Å². The van der Waals surface area contributed by atoms with Gasteiger partial charge in [0.05, 0.1) is 25.4 Å². The predicted molar refractivity (Wildman–Crippen MR) is 295 cm³/mol. The van der Waals surface area contributed by atoms with Gasteiger partial charge in [-0.1, -0.05) is 275 Å². The Kier molecular flexibility index (Phi) is 48.3. The molecule has 7 unspecified atom stereocenters. The number of carbonyl (C=O) groups is 1. The van der Waals surface area contributed by atoms with E-state index in [0.29, 0.717) is 6.42 Å². The molecule has 1 fully saturated rings. The van der Waals surface area contributed by atoms with Crippen molar-refractivity contribution in [2.24, 2.45) is 0 Å². The number of hydrogen-bond acceptors (Lipinski definition) is 8. The van der Waals surface area contributed by atoms with Crippen molar-refractivity contribution in [3.05, 3.63) is 36.5 Å². The number of allylic oxidation sites excluding steroid dienone is 5. The summed E-state index contributed by atoms with van der Waals surface area (Å²) >= 11 is 0. The number of amides is 1. The van der Waals surface area contributed by atoms with Gasteiger partial charge in [-0.3, -0.25) is 4.79 Å². The third kappa shape index (κ3) is 39.9. The lowest BCUT2D eigenvalue weighted by Crippen LogP contribution is -2.60. The topological polar surface area (TPSA) is 149 Å².